The Kier molecular flexibility index (Phi) is 4.42. The molecule has 4 heterocycles. The van der Waals surface area contributed by atoms with E-state index >= 15 is 0 Å². The second kappa shape index (κ2) is 6.76. The van der Waals surface area contributed by atoms with Gasteiger partial charge in [-0.25, -0.2) is 19.5 Å². The van der Waals surface area contributed by atoms with Gasteiger partial charge in [0, 0.05) is 25.8 Å². The minimum atomic E-state index is -4.54. The molecule has 0 radical (unpaired) electrons. The van der Waals surface area contributed by atoms with Crippen molar-refractivity contribution in [2.24, 2.45) is 5.92 Å². The van der Waals surface area contributed by atoms with Crippen LogP contribution in [0.5, 0.6) is 0 Å². The summed E-state index contributed by atoms with van der Waals surface area (Å²) in [5.41, 5.74) is 0.0998. The van der Waals surface area contributed by atoms with Gasteiger partial charge in [0.1, 0.15) is 17.8 Å². The van der Waals surface area contributed by atoms with Crippen molar-refractivity contribution in [3.8, 4) is 11.4 Å². The molecule has 4 rings (SSSR count). The van der Waals surface area contributed by atoms with E-state index < -0.39 is 11.9 Å². The third kappa shape index (κ3) is 3.44. The lowest BCUT2D eigenvalue weighted by atomic mass is 9.99. The van der Waals surface area contributed by atoms with E-state index in [2.05, 4.69) is 20.1 Å². The zero-order valence-corrected chi connectivity index (χ0v) is 14.3. The third-order valence-corrected chi connectivity index (χ3v) is 4.67. The first-order valence-corrected chi connectivity index (χ1v) is 8.56. The Balaban J connectivity index is 1.71. The zero-order valence-electron chi connectivity index (χ0n) is 14.3. The molecule has 1 N–H and O–H groups in total. The number of hydrogen-bond donors (Lipinski definition) is 1. The van der Waals surface area contributed by atoms with Gasteiger partial charge >= 0.3 is 6.18 Å². The highest BCUT2D eigenvalue weighted by Gasteiger charge is 2.33. The van der Waals surface area contributed by atoms with E-state index in [1.165, 1.54) is 18.6 Å². The number of imidazole rings is 1. The van der Waals surface area contributed by atoms with Gasteiger partial charge in [0.2, 0.25) is 0 Å². The number of hydrogen-bond acceptors (Lipinski definition) is 6. The van der Waals surface area contributed by atoms with Crippen LogP contribution in [-0.4, -0.2) is 49.4 Å². The van der Waals surface area contributed by atoms with Crippen LogP contribution in [0.15, 0.2) is 30.7 Å². The molecule has 142 valence electrons. The molecule has 10 heteroatoms. The molecule has 1 saturated heterocycles. The lowest BCUT2D eigenvalue weighted by molar-refractivity contribution is -0.141. The summed E-state index contributed by atoms with van der Waals surface area (Å²) in [6.07, 6.45) is 0.181. The summed E-state index contributed by atoms with van der Waals surface area (Å²) in [7, 11) is 0. The minimum absolute atomic E-state index is 0.117. The van der Waals surface area contributed by atoms with Gasteiger partial charge in [-0.05, 0) is 30.9 Å². The number of halogens is 3. The molecule has 3 aromatic rings. The average molecular weight is 378 g/mol. The highest BCUT2D eigenvalue weighted by Crippen LogP contribution is 2.29. The standard InChI is InChI=1S/C17H17F3N6O/c18-17(19,20)14-3-4-15-21-7-13(26(15)24-14)12-6-16(23-10-22-12)25-5-1-2-11(8-25)9-27/h3-4,6-7,10-11,27H,1-2,5,8-9H2/t11-/m1/s1. The van der Waals surface area contributed by atoms with Gasteiger partial charge in [0.05, 0.1) is 11.9 Å². The molecule has 0 spiro atoms. The number of nitrogens with zero attached hydrogens (tertiary/aromatic N) is 6. The van der Waals surface area contributed by atoms with Crippen LogP contribution in [0.4, 0.5) is 19.0 Å². The van der Waals surface area contributed by atoms with E-state index in [0.29, 0.717) is 29.4 Å². The van der Waals surface area contributed by atoms with Crippen LogP contribution in [0.2, 0.25) is 0 Å². The van der Waals surface area contributed by atoms with Crippen molar-refractivity contribution in [3.05, 3.63) is 36.4 Å². The number of piperidine rings is 1. The molecule has 0 bridgehead atoms. The first-order chi connectivity index (χ1) is 13.0. The SMILES string of the molecule is OC[C@@H]1CCCN(c2cc(-c3cnc4ccc(C(F)(F)F)nn34)ncn2)C1. The Morgan fingerprint density at radius 2 is 2.04 bits per heavy atom. The first-order valence-electron chi connectivity index (χ1n) is 8.56. The van der Waals surface area contributed by atoms with Crippen LogP contribution in [0.1, 0.15) is 18.5 Å². The molecule has 0 unspecified atom stereocenters. The van der Waals surface area contributed by atoms with Gasteiger partial charge in [0.15, 0.2) is 11.3 Å². The first kappa shape index (κ1) is 17.7. The summed E-state index contributed by atoms with van der Waals surface area (Å²) in [5.74, 6) is 0.851. The predicted octanol–water partition coefficient (Wildman–Crippen LogP) is 2.41. The topological polar surface area (TPSA) is 79.4 Å². The van der Waals surface area contributed by atoms with Crippen LogP contribution in [0.3, 0.4) is 0 Å². The van der Waals surface area contributed by atoms with Gasteiger partial charge in [-0.3, -0.25) is 0 Å². The van der Waals surface area contributed by atoms with E-state index in [-0.39, 0.29) is 12.5 Å². The van der Waals surface area contributed by atoms with Crippen molar-refractivity contribution in [2.45, 2.75) is 19.0 Å². The molecule has 1 aliphatic rings. The average Bonchev–Trinajstić information content (AvgIpc) is 3.11. The van der Waals surface area contributed by atoms with Crippen LogP contribution in [-0.2, 0) is 6.18 Å². The molecule has 3 aromatic heterocycles. The number of anilines is 1. The summed E-state index contributed by atoms with van der Waals surface area (Å²) >= 11 is 0. The monoisotopic (exact) mass is 378 g/mol. The molecular formula is C17H17F3N6O. The van der Waals surface area contributed by atoms with Gasteiger partial charge in [-0.2, -0.15) is 18.3 Å². The number of fused-ring (bicyclic) bond motifs is 1. The second-order valence-corrected chi connectivity index (χ2v) is 6.53. The lowest BCUT2D eigenvalue weighted by Crippen LogP contribution is -2.37. The number of aliphatic hydroxyl groups excluding tert-OH is 1. The molecule has 0 aliphatic carbocycles. The van der Waals surface area contributed by atoms with Crippen molar-refractivity contribution < 1.29 is 18.3 Å². The maximum Gasteiger partial charge on any atom is 0.435 e. The molecule has 7 nitrogen and oxygen atoms in total. The second-order valence-electron chi connectivity index (χ2n) is 6.53. The highest BCUT2D eigenvalue weighted by molar-refractivity contribution is 5.62. The number of rotatable bonds is 3. The summed E-state index contributed by atoms with van der Waals surface area (Å²) in [6.45, 7) is 1.60. The summed E-state index contributed by atoms with van der Waals surface area (Å²) < 4.78 is 40.1. The van der Waals surface area contributed by atoms with Crippen LogP contribution in [0, 0.1) is 5.92 Å². The van der Waals surface area contributed by atoms with Crippen molar-refractivity contribution in [2.75, 3.05) is 24.6 Å². The van der Waals surface area contributed by atoms with E-state index in [4.69, 9.17) is 0 Å². The van der Waals surface area contributed by atoms with Crippen molar-refractivity contribution in [1.29, 1.82) is 0 Å². The lowest BCUT2D eigenvalue weighted by Gasteiger charge is -2.32. The largest absolute Gasteiger partial charge is 0.435 e. The van der Waals surface area contributed by atoms with Crippen molar-refractivity contribution in [1.82, 2.24) is 24.6 Å². The Hall–Kier alpha value is -2.75. The molecule has 0 amide bonds. The van der Waals surface area contributed by atoms with Gasteiger partial charge in [0.25, 0.3) is 0 Å². The Bertz CT molecular complexity index is 957. The third-order valence-electron chi connectivity index (χ3n) is 4.67. The summed E-state index contributed by atoms with van der Waals surface area (Å²) in [6, 6.07) is 3.89. The van der Waals surface area contributed by atoms with Crippen LogP contribution < -0.4 is 4.90 Å². The molecule has 0 aromatic carbocycles. The van der Waals surface area contributed by atoms with Gasteiger partial charge < -0.3 is 10.0 Å². The maximum atomic E-state index is 13.0. The van der Waals surface area contributed by atoms with E-state index in [0.717, 1.165) is 30.0 Å². The zero-order chi connectivity index (χ0) is 19.0. The molecule has 0 saturated carbocycles. The fraction of sp³-hybridized carbons (Fsp3) is 0.412. The molecule has 1 fully saturated rings. The summed E-state index contributed by atoms with van der Waals surface area (Å²) in [5, 5.41) is 13.1. The van der Waals surface area contributed by atoms with E-state index in [9.17, 15) is 18.3 Å². The number of aromatic nitrogens is 5. The number of aliphatic hydroxyl groups is 1. The van der Waals surface area contributed by atoms with Crippen LogP contribution in [0.25, 0.3) is 17.0 Å². The van der Waals surface area contributed by atoms with Gasteiger partial charge in [-0.1, -0.05) is 0 Å². The molecule has 1 atom stereocenters. The smallest absolute Gasteiger partial charge is 0.396 e. The highest BCUT2D eigenvalue weighted by atomic mass is 19.4. The molecule has 1 aliphatic heterocycles. The quantitative estimate of drug-likeness (QED) is 0.754. The maximum absolute atomic E-state index is 13.0. The van der Waals surface area contributed by atoms with E-state index in [1.807, 2.05) is 4.90 Å². The molecule has 27 heavy (non-hydrogen) atoms. The van der Waals surface area contributed by atoms with E-state index in [1.54, 1.807) is 6.07 Å². The summed E-state index contributed by atoms with van der Waals surface area (Å²) in [4.78, 5) is 14.6. The Morgan fingerprint density at radius 3 is 2.81 bits per heavy atom. The normalized spacial score (nSPS) is 18.2. The minimum Gasteiger partial charge on any atom is -0.396 e. The van der Waals surface area contributed by atoms with Crippen molar-refractivity contribution in [3.63, 3.8) is 0 Å². The van der Waals surface area contributed by atoms with Crippen LogP contribution >= 0.6 is 0 Å². The Labute approximate surface area is 152 Å². The van der Waals surface area contributed by atoms with Crippen molar-refractivity contribution >= 4 is 11.5 Å². The van der Waals surface area contributed by atoms with Gasteiger partial charge in [-0.15, -0.1) is 0 Å². The fourth-order valence-electron chi connectivity index (χ4n) is 3.28. The number of alkyl halides is 3. The molecular weight excluding hydrogens is 361 g/mol. The Morgan fingerprint density at radius 1 is 1.19 bits per heavy atom. The fourth-order valence-corrected chi connectivity index (χ4v) is 3.28. The predicted molar refractivity (Wildman–Crippen MR) is 91.0 cm³/mol.